The lowest BCUT2D eigenvalue weighted by Crippen LogP contribution is -2.37. The molecule has 0 unspecified atom stereocenters. The SMILES string of the molecule is C=C1CN2C[C@H](OC)C[C@@]2(CC)C1. The lowest BCUT2D eigenvalue weighted by molar-refractivity contribution is 0.108. The van der Waals surface area contributed by atoms with Gasteiger partial charge in [0, 0.05) is 25.7 Å². The number of hydrogen-bond acceptors (Lipinski definition) is 2. The molecule has 2 rings (SSSR count). The summed E-state index contributed by atoms with van der Waals surface area (Å²) >= 11 is 0. The molecule has 0 radical (unpaired) electrons. The van der Waals surface area contributed by atoms with Crippen LogP contribution in [-0.4, -0.2) is 36.7 Å². The Labute approximate surface area is 80.6 Å². The smallest absolute Gasteiger partial charge is 0.0716 e. The Balaban J connectivity index is 2.15. The molecule has 0 aliphatic carbocycles. The Hall–Kier alpha value is -0.340. The first-order valence-electron chi connectivity index (χ1n) is 5.14. The predicted octanol–water partition coefficient (Wildman–Crippen LogP) is 1.82. The Kier molecular flexibility index (Phi) is 2.20. The van der Waals surface area contributed by atoms with E-state index < -0.39 is 0 Å². The van der Waals surface area contributed by atoms with Crippen molar-refractivity contribution in [3.05, 3.63) is 12.2 Å². The van der Waals surface area contributed by atoms with Crippen molar-refractivity contribution in [2.24, 2.45) is 0 Å². The van der Waals surface area contributed by atoms with Gasteiger partial charge in [0.1, 0.15) is 0 Å². The lowest BCUT2D eigenvalue weighted by atomic mass is 9.89. The lowest BCUT2D eigenvalue weighted by Gasteiger charge is -2.29. The van der Waals surface area contributed by atoms with Gasteiger partial charge in [-0.05, 0) is 19.3 Å². The highest BCUT2D eigenvalue weighted by Crippen LogP contribution is 2.43. The summed E-state index contributed by atoms with van der Waals surface area (Å²) in [5, 5.41) is 0. The zero-order chi connectivity index (χ0) is 9.47. The first-order valence-corrected chi connectivity index (χ1v) is 5.14. The summed E-state index contributed by atoms with van der Waals surface area (Å²) in [5.41, 5.74) is 1.80. The second kappa shape index (κ2) is 3.10. The van der Waals surface area contributed by atoms with Crippen molar-refractivity contribution in [3.8, 4) is 0 Å². The highest BCUT2D eigenvalue weighted by molar-refractivity contribution is 5.18. The third-order valence-corrected chi connectivity index (χ3v) is 3.69. The molecular weight excluding hydrogens is 162 g/mol. The molecular formula is C11H19NO. The minimum atomic E-state index is 0.401. The van der Waals surface area contributed by atoms with Crippen molar-refractivity contribution in [1.82, 2.24) is 4.90 Å². The fourth-order valence-corrected chi connectivity index (χ4v) is 2.92. The molecule has 2 heterocycles. The second-order valence-corrected chi connectivity index (χ2v) is 4.45. The average molecular weight is 181 g/mol. The molecule has 0 saturated carbocycles. The normalized spacial score (nSPS) is 39.8. The van der Waals surface area contributed by atoms with Crippen LogP contribution in [-0.2, 0) is 4.74 Å². The van der Waals surface area contributed by atoms with Gasteiger partial charge in [0.05, 0.1) is 6.10 Å². The fourth-order valence-electron chi connectivity index (χ4n) is 2.92. The van der Waals surface area contributed by atoms with E-state index in [9.17, 15) is 0 Å². The Morgan fingerprint density at radius 1 is 1.69 bits per heavy atom. The molecule has 74 valence electrons. The van der Waals surface area contributed by atoms with Crippen molar-refractivity contribution in [3.63, 3.8) is 0 Å². The van der Waals surface area contributed by atoms with Crippen molar-refractivity contribution in [2.45, 2.75) is 37.8 Å². The summed E-state index contributed by atoms with van der Waals surface area (Å²) in [5.74, 6) is 0. The Morgan fingerprint density at radius 3 is 3.00 bits per heavy atom. The highest BCUT2D eigenvalue weighted by atomic mass is 16.5. The van der Waals surface area contributed by atoms with Gasteiger partial charge in [-0.3, -0.25) is 4.90 Å². The maximum absolute atomic E-state index is 5.44. The van der Waals surface area contributed by atoms with Crippen LogP contribution in [0.25, 0.3) is 0 Å². The van der Waals surface area contributed by atoms with Crippen LogP contribution in [0.4, 0.5) is 0 Å². The summed E-state index contributed by atoms with van der Waals surface area (Å²) in [6.07, 6.45) is 4.06. The number of hydrogen-bond donors (Lipinski definition) is 0. The van der Waals surface area contributed by atoms with Crippen molar-refractivity contribution < 1.29 is 4.74 Å². The minimum absolute atomic E-state index is 0.401. The standard InChI is InChI=1S/C11H19NO/c1-4-11-5-9(2)7-12(11)8-10(6-11)13-3/h10H,2,4-8H2,1,3H3/t10-,11-/m1/s1. The Bertz CT molecular complexity index is 226. The zero-order valence-corrected chi connectivity index (χ0v) is 8.68. The average Bonchev–Trinajstić information content (AvgIpc) is 2.57. The fraction of sp³-hybridized carbons (Fsp3) is 0.818. The molecule has 2 saturated heterocycles. The number of methoxy groups -OCH3 is 1. The first kappa shape index (κ1) is 9.22. The van der Waals surface area contributed by atoms with E-state index in [1.54, 1.807) is 0 Å². The third kappa shape index (κ3) is 1.32. The second-order valence-electron chi connectivity index (χ2n) is 4.45. The van der Waals surface area contributed by atoms with Gasteiger partial charge in [-0.2, -0.15) is 0 Å². The zero-order valence-electron chi connectivity index (χ0n) is 8.68. The molecule has 13 heavy (non-hydrogen) atoms. The van der Waals surface area contributed by atoms with Crippen LogP contribution < -0.4 is 0 Å². The molecule has 0 aromatic heterocycles. The monoisotopic (exact) mass is 181 g/mol. The highest BCUT2D eigenvalue weighted by Gasteiger charge is 2.48. The van der Waals surface area contributed by atoms with E-state index in [1.807, 2.05) is 7.11 Å². The maximum Gasteiger partial charge on any atom is 0.0716 e. The molecule has 2 heteroatoms. The number of rotatable bonds is 2. The van der Waals surface area contributed by atoms with Crippen molar-refractivity contribution >= 4 is 0 Å². The summed E-state index contributed by atoms with van der Waals surface area (Å²) in [4.78, 5) is 2.56. The van der Waals surface area contributed by atoms with E-state index >= 15 is 0 Å². The van der Waals surface area contributed by atoms with Gasteiger partial charge in [-0.25, -0.2) is 0 Å². The Morgan fingerprint density at radius 2 is 2.46 bits per heavy atom. The largest absolute Gasteiger partial charge is 0.380 e. The quantitative estimate of drug-likeness (QED) is 0.602. The third-order valence-electron chi connectivity index (χ3n) is 3.69. The van der Waals surface area contributed by atoms with Crippen LogP contribution in [0.5, 0.6) is 0 Å². The van der Waals surface area contributed by atoms with E-state index in [4.69, 9.17) is 4.74 Å². The van der Waals surface area contributed by atoms with E-state index in [0.717, 1.165) is 13.1 Å². The van der Waals surface area contributed by atoms with Crippen LogP contribution in [0.1, 0.15) is 26.2 Å². The molecule has 2 aliphatic rings. The summed E-state index contributed by atoms with van der Waals surface area (Å²) in [7, 11) is 1.82. The number of fused-ring (bicyclic) bond motifs is 1. The van der Waals surface area contributed by atoms with Crippen LogP contribution in [0, 0.1) is 0 Å². The van der Waals surface area contributed by atoms with Crippen molar-refractivity contribution in [2.75, 3.05) is 20.2 Å². The van der Waals surface area contributed by atoms with Gasteiger partial charge in [0.25, 0.3) is 0 Å². The molecule has 0 spiro atoms. The summed E-state index contributed by atoms with van der Waals surface area (Å²) < 4.78 is 5.44. The molecule has 0 aromatic rings. The van der Waals surface area contributed by atoms with E-state index in [-0.39, 0.29) is 0 Å². The van der Waals surface area contributed by atoms with Crippen LogP contribution in [0.2, 0.25) is 0 Å². The molecule has 0 bridgehead atoms. The van der Waals surface area contributed by atoms with Gasteiger partial charge in [0.2, 0.25) is 0 Å². The molecule has 2 fully saturated rings. The molecule has 0 N–H and O–H groups in total. The molecule has 2 aliphatic heterocycles. The topological polar surface area (TPSA) is 12.5 Å². The minimum Gasteiger partial charge on any atom is -0.380 e. The van der Waals surface area contributed by atoms with Crippen LogP contribution in [0.3, 0.4) is 0 Å². The van der Waals surface area contributed by atoms with Crippen LogP contribution in [0.15, 0.2) is 12.2 Å². The summed E-state index contributed by atoms with van der Waals surface area (Å²) in [6, 6.07) is 0. The van der Waals surface area contributed by atoms with E-state index in [2.05, 4.69) is 18.4 Å². The van der Waals surface area contributed by atoms with Gasteiger partial charge < -0.3 is 4.74 Å². The number of ether oxygens (including phenoxy) is 1. The molecule has 0 amide bonds. The molecule has 2 nitrogen and oxygen atoms in total. The predicted molar refractivity (Wildman–Crippen MR) is 53.8 cm³/mol. The van der Waals surface area contributed by atoms with Gasteiger partial charge >= 0.3 is 0 Å². The van der Waals surface area contributed by atoms with E-state index in [1.165, 1.54) is 24.8 Å². The van der Waals surface area contributed by atoms with Crippen molar-refractivity contribution in [1.29, 1.82) is 0 Å². The summed E-state index contributed by atoms with van der Waals surface area (Å²) in [6.45, 7) is 8.57. The van der Waals surface area contributed by atoms with Crippen LogP contribution >= 0.6 is 0 Å². The maximum atomic E-state index is 5.44. The first-order chi connectivity index (χ1) is 6.20. The van der Waals surface area contributed by atoms with Gasteiger partial charge in [0.15, 0.2) is 0 Å². The van der Waals surface area contributed by atoms with Gasteiger partial charge in [-0.1, -0.05) is 19.1 Å². The van der Waals surface area contributed by atoms with Gasteiger partial charge in [-0.15, -0.1) is 0 Å². The molecule has 0 aromatic carbocycles. The van der Waals surface area contributed by atoms with E-state index in [0.29, 0.717) is 11.6 Å². The molecule has 2 atom stereocenters. The number of nitrogens with zero attached hydrogens (tertiary/aromatic N) is 1.